The van der Waals surface area contributed by atoms with Gasteiger partial charge in [-0.2, -0.15) is 0 Å². The first-order valence-electron chi connectivity index (χ1n) is 5.51. The fourth-order valence-electron chi connectivity index (χ4n) is 2.07. The van der Waals surface area contributed by atoms with Gasteiger partial charge in [0.1, 0.15) is 0 Å². The Morgan fingerprint density at radius 3 is 2.94 bits per heavy atom. The van der Waals surface area contributed by atoms with Crippen LogP contribution in [0.5, 0.6) is 0 Å². The second kappa shape index (κ2) is 4.18. The molecule has 4 heteroatoms. The number of aliphatic hydroxyl groups is 1. The van der Waals surface area contributed by atoms with Crippen LogP contribution in [0.3, 0.4) is 0 Å². The summed E-state index contributed by atoms with van der Waals surface area (Å²) in [5.41, 5.74) is -0.203. The minimum Gasteiger partial charge on any atom is -0.392 e. The summed E-state index contributed by atoms with van der Waals surface area (Å²) in [5, 5.41) is 11.7. The predicted molar refractivity (Wildman–Crippen MR) is 64.6 cm³/mol. The average molecular weight is 239 g/mol. The molecule has 1 aliphatic heterocycles. The van der Waals surface area contributed by atoms with Gasteiger partial charge in [0, 0.05) is 18.5 Å². The average Bonchev–Trinajstić information content (AvgIpc) is 2.74. The van der Waals surface area contributed by atoms with E-state index in [9.17, 15) is 9.90 Å². The quantitative estimate of drug-likeness (QED) is 0.814. The predicted octanol–water partition coefficient (Wildman–Crippen LogP) is 1.98. The van der Waals surface area contributed by atoms with Crippen molar-refractivity contribution in [1.82, 2.24) is 4.90 Å². The van der Waals surface area contributed by atoms with Gasteiger partial charge in [0.25, 0.3) is 5.91 Å². The van der Waals surface area contributed by atoms with Gasteiger partial charge < -0.3 is 10.0 Å². The lowest BCUT2D eigenvalue weighted by molar-refractivity contribution is -0.0180. The largest absolute Gasteiger partial charge is 0.392 e. The Balaban J connectivity index is 2.10. The Bertz CT molecular complexity index is 372. The van der Waals surface area contributed by atoms with Crippen LogP contribution in [-0.2, 0) is 0 Å². The van der Waals surface area contributed by atoms with E-state index >= 15 is 0 Å². The molecule has 88 valence electrons. The first kappa shape index (κ1) is 11.6. The molecule has 2 heterocycles. The van der Waals surface area contributed by atoms with Crippen molar-refractivity contribution in [3.8, 4) is 0 Å². The molecule has 1 fully saturated rings. The van der Waals surface area contributed by atoms with Crippen molar-refractivity contribution in [2.75, 3.05) is 13.1 Å². The maximum absolute atomic E-state index is 12.1. The number of amides is 1. The van der Waals surface area contributed by atoms with Crippen LogP contribution in [0.1, 0.15) is 29.9 Å². The number of hydrogen-bond acceptors (Lipinski definition) is 3. The van der Waals surface area contributed by atoms with Gasteiger partial charge in [-0.1, -0.05) is 19.9 Å². The molecule has 1 saturated heterocycles. The smallest absolute Gasteiger partial charge is 0.263 e. The van der Waals surface area contributed by atoms with Crippen molar-refractivity contribution in [3.05, 3.63) is 22.4 Å². The van der Waals surface area contributed by atoms with Crippen molar-refractivity contribution >= 4 is 17.2 Å². The summed E-state index contributed by atoms with van der Waals surface area (Å²) in [7, 11) is 0. The van der Waals surface area contributed by atoms with E-state index in [1.807, 2.05) is 36.3 Å². The molecular weight excluding hydrogens is 222 g/mol. The maximum atomic E-state index is 12.1. The minimum absolute atomic E-state index is 0.0926. The Kier molecular flexibility index (Phi) is 3.04. The third-order valence-electron chi connectivity index (χ3n) is 3.19. The highest BCUT2D eigenvalue weighted by molar-refractivity contribution is 7.12. The molecule has 0 radical (unpaired) electrons. The standard InChI is InChI=1S/C12H17NO2S/c1-12(2)8-13(6-5-10(12)14)11(15)9-4-3-7-16-9/h3-4,7,10,14H,5-6,8H2,1-2H3. The van der Waals surface area contributed by atoms with E-state index in [1.165, 1.54) is 11.3 Å². The van der Waals surface area contributed by atoms with Crippen LogP contribution >= 0.6 is 11.3 Å². The molecule has 1 aliphatic rings. The van der Waals surface area contributed by atoms with Crippen molar-refractivity contribution in [1.29, 1.82) is 0 Å². The van der Waals surface area contributed by atoms with E-state index in [4.69, 9.17) is 0 Å². The fourth-order valence-corrected chi connectivity index (χ4v) is 2.77. The van der Waals surface area contributed by atoms with Crippen LogP contribution in [0.2, 0.25) is 0 Å². The minimum atomic E-state index is -0.306. The lowest BCUT2D eigenvalue weighted by atomic mass is 9.81. The molecule has 1 N–H and O–H groups in total. The van der Waals surface area contributed by atoms with Crippen LogP contribution < -0.4 is 0 Å². The molecular formula is C12H17NO2S. The molecule has 16 heavy (non-hydrogen) atoms. The molecule has 3 nitrogen and oxygen atoms in total. The number of carbonyl (C=O) groups is 1. The Labute approximate surface area is 99.7 Å². The molecule has 1 amide bonds. The monoisotopic (exact) mass is 239 g/mol. The molecule has 2 rings (SSSR count). The topological polar surface area (TPSA) is 40.5 Å². The van der Waals surface area contributed by atoms with Crippen LogP contribution in [0, 0.1) is 5.41 Å². The summed E-state index contributed by atoms with van der Waals surface area (Å²) in [6.07, 6.45) is 0.365. The van der Waals surface area contributed by atoms with Crippen LogP contribution in [-0.4, -0.2) is 35.1 Å². The molecule has 0 spiro atoms. The van der Waals surface area contributed by atoms with Crippen LogP contribution in [0.4, 0.5) is 0 Å². The van der Waals surface area contributed by atoms with E-state index in [1.54, 1.807) is 0 Å². The maximum Gasteiger partial charge on any atom is 0.263 e. The van der Waals surface area contributed by atoms with Crippen molar-refractivity contribution in [3.63, 3.8) is 0 Å². The highest BCUT2D eigenvalue weighted by Crippen LogP contribution is 2.30. The first-order chi connectivity index (χ1) is 7.50. The van der Waals surface area contributed by atoms with Gasteiger partial charge in [-0.15, -0.1) is 11.3 Å². The van der Waals surface area contributed by atoms with Crippen molar-refractivity contribution < 1.29 is 9.90 Å². The van der Waals surface area contributed by atoms with E-state index in [0.29, 0.717) is 19.5 Å². The molecule has 1 aromatic rings. The van der Waals surface area contributed by atoms with Crippen molar-refractivity contribution in [2.24, 2.45) is 5.41 Å². The van der Waals surface area contributed by atoms with Gasteiger partial charge in [-0.3, -0.25) is 4.79 Å². The van der Waals surface area contributed by atoms with Gasteiger partial charge in [-0.05, 0) is 17.9 Å². The lowest BCUT2D eigenvalue weighted by Crippen LogP contribution is -2.50. The molecule has 0 aliphatic carbocycles. The van der Waals surface area contributed by atoms with Gasteiger partial charge in [-0.25, -0.2) is 0 Å². The molecule has 0 aromatic carbocycles. The number of rotatable bonds is 1. The SMILES string of the molecule is CC1(C)CN(C(=O)c2cccs2)CCC1O. The molecule has 1 atom stereocenters. The number of aliphatic hydroxyl groups excluding tert-OH is 1. The lowest BCUT2D eigenvalue weighted by Gasteiger charge is -2.41. The highest BCUT2D eigenvalue weighted by atomic mass is 32.1. The molecule has 0 saturated carbocycles. The number of nitrogens with zero attached hydrogens (tertiary/aromatic N) is 1. The number of carbonyl (C=O) groups excluding carboxylic acids is 1. The summed E-state index contributed by atoms with van der Waals surface area (Å²) in [5.74, 6) is 0.0926. The third kappa shape index (κ3) is 2.13. The number of likely N-dealkylation sites (tertiary alicyclic amines) is 1. The Hall–Kier alpha value is -0.870. The van der Waals surface area contributed by atoms with Crippen LogP contribution in [0.25, 0.3) is 0 Å². The van der Waals surface area contributed by atoms with Gasteiger partial charge in [0.2, 0.25) is 0 Å². The zero-order chi connectivity index (χ0) is 11.8. The van der Waals surface area contributed by atoms with Crippen LogP contribution in [0.15, 0.2) is 17.5 Å². The van der Waals surface area contributed by atoms with Gasteiger partial charge >= 0.3 is 0 Å². The van der Waals surface area contributed by atoms with Crippen molar-refractivity contribution in [2.45, 2.75) is 26.4 Å². The molecule has 1 unspecified atom stereocenters. The summed E-state index contributed by atoms with van der Waals surface area (Å²) < 4.78 is 0. The molecule has 1 aromatic heterocycles. The van der Waals surface area contributed by atoms with E-state index in [-0.39, 0.29) is 17.4 Å². The molecule has 0 bridgehead atoms. The number of hydrogen-bond donors (Lipinski definition) is 1. The third-order valence-corrected chi connectivity index (χ3v) is 4.05. The number of piperidine rings is 1. The normalized spacial score (nSPS) is 24.4. The van der Waals surface area contributed by atoms with E-state index in [2.05, 4.69) is 0 Å². The fraction of sp³-hybridized carbons (Fsp3) is 0.583. The van der Waals surface area contributed by atoms with E-state index < -0.39 is 0 Å². The zero-order valence-corrected chi connectivity index (χ0v) is 10.5. The van der Waals surface area contributed by atoms with E-state index in [0.717, 1.165) is 4.88 Å². The summed E-state index contributed by atoms with van der Waals surface area (Å²) in [6, 6.07) is 3.74. The highest BCUT2D eigenvalue weighted by Gasteiger charge is 2.36. The van der Waals surface area contributed by atoms with Gasteiger partial charge in [0.05, 0.1) is 11.0 Å². The second-order valence-corrected chi connectivity index (χ2v) is 5.94. The summed E-state index contributed by atoms with van der Waals surface area (Å²) in [4.78, 5) is 14.7. The first-order valence-corrected chi connectivity index (χ1v) is 6.39. The van der Waals surface area contributed by atoms with Gasteiger partial charge in [0.15, 0.2) is 0 Å². The zero-order valence-electron chi connectivity index (χ0n) is 9.64. The second-order valence-electron chi connectivity index (χ2n) is 5.00. The summed E-state index contributed by atoms with van der Waals surface area (Å²) >= 11 is 1.47. The summed E-state index contributed by atoms with van der Waals surface area (Å²) in [6.45, 7) is 5.29. The number of thiophene rings is 1. The Morgan fingerprint density at radius 1 is 1.62 bits per heavy atom. The Morgan fingerprint density at radius 2 is 2.38 bits per heavy atom.